The second kappa shape index (κ2) is 5.14. The van der Waals surface area contributed by atoms with Crippen LogP contribution < -0.4 is 0 Å². The third-order valence-corrected chi connectivity index (χ3v) is 3.80. The lowest BCUT2D eigenvalue weighted by Gasteiger charge is -2.35. The summed E-state index contributed by atoms with van der Waals surface area (Å²) < 4.78 is 1.07. The average molecular weight is 296 g/mol. The molecular weight excluding hydrogens is 279 g/mol. The van der Waals surface area contributed by atoms with E-state index in [1.54, 1.807) is 6.92 Å². The molecule has 1 aliphatic rings. The van der Waals surface area contributed by atoms with Crippen LogP contribution in [0.3, 0.4) is 0 Å². The molecule has 1 fully saturated rings. The Morgan fingerprint density at radius 1 is 1.54 bits per heavy atom. The summed E-state index contributed by atoms with van der Waals surface area (Å²) in [6.45, 7) is 3.52. The fourth-order valence-corrected chi connectivity index (χ4v) is 2.28. The molecule has 0 bridgehead atoms. The summed E-state index contributed by atoms with van der Waals surface area (Å²) in [5, 5.41) is 0. The Labute approximate surface area is 93.6 Å². The summed E-state index contributed by atoms with van der Waals surface area (Å²) in [4.78, 5) is 15.4. The van der Waals surface area contributed by atoms with Gasteiger partial charge in [-0.3, -0.25) is 9.69 Å². The van der Waals surface area contributed by atoms with Crippen LogP contribution in [0, 0.1) is 0 Å². The molecule has 1 aliphatic heterocycles. The molecule has 13 heavy (non-hydrogen) atoms. The van der Waals surface area contributed by atoms with Crippen LogP contribution in [-0.2, 0) is 4.79 Å². The maximum Gasteiger partial charge on any atom is 0.219 e. The molecular formula is C9H17IN2O. The molecule has 0 atom stereocenters. The van der Waals surface area contributed by atoms with E-state index >= 15 is 0 Å². The number of rotatable bonds is 2. The molecule has 0 radical (unpaired) electrons. The van der Waals surface area contributed by atoms with Gasteiger partial charge in [0.1, 0.15) is 0 Å². The number of likely N-dealkylation sites (tertiary alicyclic amines) is 1. The van der Waals surface area contributed by atoms with Crippen molar-refractivity contribution in [2.24, 2.45) is 0 Å². The van der Waals surface area contributed by atoms with Crippen LogP contribution >= 0.6 is 22.6 Å². The lowest BCUT2D eigenvalue weighted by molar-refractivity contribution is -0.130. The van der Waals surface area contributed by atoms with Crippen molar-refractivity contribution in [2.75, 3.05) is 24.7 Å². The lowest BCUT2D eigenvalue weighted by Crippen LogP contribution is -2.44. The zero-order valence-electron chi connectivity index (χ0n) is 8.29. The number of piperidine rings is 1. The molecule has 0 aromatic heterocycles. The Balaban J connectivity index is 2.34. The molecule has 1 amide bonds. The van der Waals surface area contributed by atoms with Gasteiger partial charge in [-0.05, 0) is 19.9 Å². The highest BCUT2D eigenvalue weighted by Gasteiger charge is 2.22. The fourth-order valence-electron chi connectivity index (χ4n) is 1.72. The van der Waals surface area contributed by atoms with Crippen LogP contribution in [0.25, 0.3) is 0 Å². The van der Waals surface area contributed by atoms with E-state index in [0.29, 0.717) is 6.04 Å². The number of hydrogen-bond donors (Lipinski definition) is 0. The van der Waals surface area contributed by atoms with Gasteiger partial charge in [0.05, 0.1) is 4.55 Å². The molecule has 1 heterocycles. The van der Waals surface area contributed by atoms with Crippen molar-refractivity contribution in [1.82, 2.24) is 9.80 Å². The Morgan fingerprint density at radius 3 is 2.46 bits per heavy atom. The van der Waals surface area contributed by atoms with Crippen molar-refractivity contribution >= 4 is 28.5 Å². The number of carbonyl (C=O) groups excluding carboxylic acids is 1. The van der Waals surface area contributed by atoms with Gasteiger partial charge in [-0.15, -0.1) is 0 Å². The summed E-state index contributed by atoms with van der Waals surface area (Å²) in [5.41, 5.74) is 0. The Morgan fingerprint density at radius 2 is 2.08 bits per heavy atom. The van der Waals surface area contributed by atoms with Crippen LogP contribution in [0.4, 0.5) is 0 Å². The molecule has 76 valence electrons. The number of nitrogens with zero attached hydrogens (tertiary/aromatic N) is 2. The molecule has 0 unspecified atom stereocenters. The summed E-state index contributed by atoms with van der Waals surface area (Å²) in [6.07, 6.45) is 2.25. The standard InChI is InChI=1S/C9H17IN2O/c1-8(13)12-5-3-9(4-6-12)11(2)7-10/h9H,3-7H2,1-2H3. The molecule has 4 heteroatoms. The van der Waals surface area contributed by atoms with Crippen molar-refractivity contribution in [2.45, 2.75) is 25.8 Å². The first-order valence-electron chi connectivity index (χ1n) is 4.67. The van der Waals surface area contributed by atoms with Gasteiger partial charge in [-0.1, -0.05) is 22.6 Å². The van der Waals surface area contributed by atoms with Crippen molar-refractivity contribution in [3.05, 3.63) is 0 Å². The Kier molecular flexibility index (Phi) is 4.45. The van der Waals surface area contributed by atoms with E-state index in [1.165, 1.54) is 0 Å². The van der Waals surface area contributed by atoms with Crippen molar-refractivity contribution in [3.63, 3.8) is 0 Å². The quantitative estimate of drug-likeness (QED) is 0.436. The fraction of sp³-hybridized carbons (Fsp3) is 0.889. The van der Waals surface area contributed by atoms with Gasteiger partial charge in [-0.25, -0.2) is 0 Å². The Hall–Kier alpha value is 0.160. The maximum absolute atomic E-state index is 11.1. The molecule has 0 aliphatic carbocycles. The van der Waals surface area contributed by atoms with Crippen LogP contribution in [0.5, 0.6) is 0 Å². The van der Waals surface area contributed by atoms with Gasteiger partial charge >= 0.3 is 0 Å². The van der Waals surface area contributed by atoms with E-state index in [0.717, 1.165) is 30.5 Å². The molecule has 0 aromatic rings. The minimum absolute atomic E-state index is 0.218. The first kappa shape index (κ1) is 11.2. The van der Waals surface area contributed by atoms with Crippen molar-refractivity contribution in [1.29, 1.82) is 0 Å². The second-order valence-corrected chi connectivity index (χ2v) is 4.30. The van der Waals surface area contributed by atoms with E-state index in [2.05, 4.69) is 34.5 Å². The highest BCUT2D eigenvalue weighted by molar-refractivity contribution is 14.1. The van der Waals surface area contributed by atoms with Crippen molar-refractivity contribution < 1.29 is 4.79 Å². The summed E-state index contributed by atoms with van der Waals surface area (Å²) >= 11 is 2.38. The SMILES string of the molecule is CC(=O)N1CCC(N(C)CI)CC1. The molecule has 1 saturated heterocycles. The lowest BCUT2D eigenvalue weighted by atomic mass is 10.0. The van der Waals surface area contributed by atoms with Crippen LogP contribution in [0.1, 0.15) is 19.8 Å². The van der Waals surface area contributed by atoms with E-state index in [4.69, 9.17) is 0 Å². The van der Waals surface area contributed by atoms with Gasteiger partial charge in [0, 0.05) is 26.1 Å². The van der Waals surface area contributed by atoms with Crippen LogP contribution in [0.15, 0.2) is 0 Å². The molecule has 0 spiro atoms. The van der Waals surface area contributed by atoms with Gasteiger partial charge in [0.15, 0.2) is 0 Å². The number of alkyl halides is 1. The predicted molar refractivity (Wildman–Crippen MR) is 61.9 cm³/mol. The zero-order valence-corrected chi connectivity index (χ0v) is 10.5. The highest BCUT2D eigenvalue weighted by Crippen LogP contribution is 2.15. The third kappa shape index (κ3) is 3.09. The molecule has 0 saturated carbocycles. The highest BCUT2D eigenvalue weighted by atomic mass is 127. The van der Waals surface area contributed by atoms with E-state index < -0.39 is 0 Å². The molecule has 3 nitrogen and oxygen atoms in total. The first-order valence-corrected chi connectivity index (χ1v) is 6.19. The van der Waals surface area contributed by atoms with Gasteiger partial charge in [0.25, 0.3) is 0 Å². The third-order valence-electron chi connectivity index (χ3n) is 2.72. The largest absolute Gasteiger partial charge is 0.343 e. The van der Waals surface area contributed by atoms with Crippen molar-refractivity contribution in [3.8, 4) is 0 Å². The molecule has 0 aromatic carbocycles. The number of hydrogen-bond acceptors (Lipinski definition) is 2. The van der Waals surface area contributed by atoms with Gasteiger partial charge in [-0.2, -0.15) is 0 Å². The van der Waals surface area contributed by atoms with Gasteiger partial charge < -0.3 is 4.90 Å². The Bertz CT molecular complexity index is 178. The summed E-state index contributed by atoms with van der Waals surface area (Å²) in [7, 11) is 2.15. The second-order valence-electron chi connectivity index (χ2n) is 3.61. The van der Waals surface area contributed by atoms with Crippen LogP contribution in [0.2, 0.25) is 0 Å². The summed E-state index contributed by atoms with van der Waals surface area (Å²) in [5.74, 6) is 0.218. The van der Waals surface area contributed by atoms with E-state index in [-0.39, 0.29) is 5.91 Å². The zero-order chi connectivity index (χ0) is 9.84. The summed E-state index contributed by atoms with van der Waals surface area (Å²) in [6, 6.07) is 0.674. The number of halogens is 1. The van der Waals surface area contributed by atoms with E-state index in [9.17, 15) is 4.79 Å². The minimum atomic E-state index is 0.218. The smallest absolute Gasteiger partial charge is 0.219 e. The van der Waals surface area contributed by atoms with E-state index in [1.807, 2.05) is 4.90 Å². The monoisotopic (exact) mass is 296 g/mol. The minimum Gasteiger partial charge on any atom is -0.343 e. The van der Waals surface area contributed by atoms with Crippen LogP contribution in [-0.4, -0.2) is 46.4 Å². The number of carbonyl (C=O) groups is 1. The normalized spacial score (nSPS) is 19.5. The molecule has 0 N–H and O–H groups in total. The van der Waals surface area contributed by atoms with Gasteiger partial charge in [0.2, 0.25) is 5.91 Å². The number of amides is 1. The maximum atomic E-state index is 11.1. The molecule has 1 rings (SSSR count). The average Bonchev–Trinajstić information content (AvgIpc) is 2.17. The predicted octanol–water partition coefficient (Wildman–Crippen LogP) is 1.32. The topological polar surface area (TPSA) is 23.6 Å². The first-order chi connectivity index (χ1) is 6.15.